The summed E-state index contributed by atoms with van der Waals surface area (Å²) >= 11 is 0. The number of anilines is 1. The second kappa shape index (κ2) is 5.43. The Balaban J connectivity index is 1.64. The fraction of sp³-hybridized carbons (Fsp3) is 0.357. The van der Waals surface area contributed by atoms with Gasteiger partial charge < -0.3 is 15.7 Å². The number of aliphatic hydroxyl groups excluding tert-OH is 1. The van der Waals surface area contributed by atoms with Crippen molar-refractivity contribution in [3.8, 4) is 0 Å². The molecule has 0 unspecified atom stereocenters. The molecule has 1 aliphatic carbocycles. The minimum absolute atomic E-state index is 0.00685. The van der Waals surface area contributed by atoms with Crippen LogP contribution in [0.25, 0.3) is 0 Å². The Morgan fingerprint density at radius 3 is 2.86 bits per heavy atom. The zero-order valence-electron chi connectivity index (χ0n) is 11.4. The minimum atomic E-state index is -0.435. The first-order valence-electron chi connectivity index (χ1n) is 6.84. The molecule has 7 heteroatoms. The molecule has 0 spiro atoms. The Morgan fingerprint density at radius 2 is 2.10 bits per heavy atom. The van der Waals surface area contributed by atoms with E-state index in [0.29, 0.717) is 11.4 Å². The molecule has 1 saturated carbocycles. The molecule has 0 bridgehead atoms. The SMILES string of the molecule is O=C(CNC(=O)N1CC(O)=Nc2ccccc21)NC1CC1. The molecule has 3 amide bonds. The normalized spacial score (nSPS) is 16.8. The van der Waals surface area contributed by atoms with Gasteiger partial charge >= 0.3 is 6.03 Å². The van der Waals surface area contributed by atoms with Crippen LogP contribution in [0.4, 0.5) is 16.2 Å². The predicted octanol–water partition coefficient (Wildman–Crippen LogP) is 1.08. The van der Waals surface area contributed by atoms with E-state index in [1.54, 1.807) is 24.3 Å². The van der Waals surface area contributed by atoms with Crippen LogP contribution in [0.2, 0.25) is 0 Å². The zero-order valence-corrected chi connectivity index (χ0v) is 11.4. The Labute approximate surface area is 121 Å². The molecule has 110 valence electrons. The molecular formula is C14H16N4O3. The van der Waals surface area contributed by atoms with E-state index in [9.17, 15) is 14.7 Å². The van der Waals surface area contributed by atoms with Gasteiger partial charge in [0.05, 0.1) is 17.9 Å². The Kier molecular flexibility index (Phi) is 3.47. The highest BCUT2D eigenvalue weighted by Crippen LogP contribution is 2.31. The first-order valence-corrected chi connectivity index (χ1v) is 6.84. The van der Waals surface area contributed by atoms with E-state index in [1.807, 2.05) is 0 Å². The first-order chi connectivity index (χ1) is 10.1. The molecule has 1 aliphatic heterocycles. The molecule has 1 fully saturated rings. The van der Waals surface area contributed by atoms with Crippen molar-refractivity contribution in [2.45, 2.75) is 18.9 Å². The number of rotatable bonds is 3. The summed E-state index contributed by atoms with van der Waals surface area (Å²) in [5.41, 5.74) is 1.13. The average Bonchev–Trinajstić information content (AvgIpc) is 3.27. The lowest BCUT2D eigenvalue weighted by atomic mass is 10.2. The average molecular weight is 288 g/mol. The van der Waals surface area contributed by atoms with Gasteiger partial charge in [0, 0.05) is 6.04 Å². The summed E-state index contributed by atoms with van der Waals surface area (Å²) in [5, 5.41) is 15.0. The standard InChI is InChI=1S/C14H16N4O3/c19-12(16-9-5-6-9)7-15-14(21)18-8-13(20)17-10-3-1-2-4-11(10)18/h1-4,9H,5-8H2,(H,15,21)(H,16,19)(H,17,20). The maximum atomic E-state index is 12.2. The summed E-state index contributed by atoms with van der Waals surface area (Å²) < 4.78 is 0. The van der Waals surface area contributed by atoms with Gasteiger partial charge in [-0.15, -0.1) is 0 Å². The number of carbonyl (C=O) groups excluding carboxylic acids is 2. The predicted molar refractivity (Wildman–Crippen MR) is 78.1 cm³/mol. The highest BCUT2D eigenvalue weighted by atomic mass is 16.3. The topological polar surface area (TPSA) is 94.0 Å². The van der Waals surface area contributed by atoms with Crippen LogP contribution in [-0.4, -0.2) is 42.1 Å². The largest absolute Gasteiger partial charge is 0.495 e. The number of fused-ring (bicyclic) bond motifs is 1. The van der Waals surface area contributed by atoms with E-state index in [0.717, 1.165) is 12.8 Å². The molecule has 1 aromatic rings. The van der Waals surface area contributed by atoms with Crippen molar-refractivity contribution in [2.75, 3.05) is 18.0 Å². The summed E-state index contributed by atoms with van der Waals surface area (Å²) in [6.45, 7) is -0.0843. The number of hydrogen-bond acceptors (Lipinski definition) is 3. The van der Waals surface area contributed by atoms with Gasteiger partial charge in [-0.05, 0) is 25.0 Å². The smallest absolute Gasteiger partial charge is 0.322 e. The Morgan fingerprint density at radius 1 is 1.33 bits per heavy atom. The molecule has 7 nitrogen and oxygen atoms in total. The number of hydrogen-bond donors (Lipinski definition) is 3. The maximum absolute atomic E-state index is 12.2. The van der Waals surface area contributed by atoms with Crippen LogP contribution in [0.5, 0.6) is 0 Å². The third-order valence-corrected chi connectivity index (χ3v) is 3.31. The molecule has 1 aromatic carbocycles. The van der Waals surface area contributed by atoms with Gasteiger partial charge in [-0.25, -0.2) is 9.79 Å². The molecule has 21 heavy (non-hydrogen) atoms. The highest BCUT2D eigenvalue weighted by Gasteiger charge is 2.26. The first kappa shape index (κ1) is 13.4. The molecule has 3 N–H and O–H groups in total. The van der Waals surface area contributed by atoms with Crippen LogP contribution in [0.1, 0.15) is 12.8 Å². The van der Waals surface area contributed by atoms with Gasteiger partial charge in [0.1, 0.15) is 6.54 Å². The number of para-hydroxylation sites is 2. The van der Waals surface area contributed by atoms with E-state index in [-0.39, 0.29) is 30.9 Å². The molecule has 3 rings (SSSR count). The van der Waals surface area contributed by atoms with Crippen molar-refractivity contribution in [1.82, 2.24) is 10.6 Å². The van der Waals surface area contributed by atoms with Gasteiger partial charge in [0.15, 0.2) is 0 Å². The van der Waals surface area contributed by atoms with Crippen molar-refractivity contribution in [3.63, 3.8) is 0 Å². The fourth-order valence-corrected chi connectivity index (χ4v) is 2.13. The number of nitrogens with one attached hydrogen (secondary N) is 2. The number of amides is 3. The van der Waals surface area contributed by atoms with Crippen molar-refractivity contribution in [1.29, 1.82) is 0 Å². The van der Waals surface area contributed by atoms with Crippen molar-refractivity contribution < 1.29 is 14.7 Å². The van der Waals surface area contributed by atoms with E-state index >= 15 is 0 Å². The number of benzene rings is 1. The number of aliphatic imine (C=N–C) groups is 1. The second-order valence-corrected chi connectivity index (χ2v) is 5.10. The second-order valence-electron chi connectivity index (χ2n) is 5.10. The van der Waals surface area contributed by atoms with E-state index in [2.05, 4.69) is 15.6 Å². The number of urea groups is 1. The lowest BCUT2D eigenvalue weighted by Crippen LogP contribution is -2.47. The summed E-state index contributed by atoms with van der Waals surface area (Å²) in [6.07, 6.45) is 2.01. The van der Waals surface area contributed by atoms with Crippen LogP contribution < -0.4 is 15.5 Å². The van der Waals surface area contributed by atoms with Gasteiger partial charge in [0.2, 0.25) is 11.8 Å². The number of aliphatic hydroxyl groups is 1. The Bertz CT molecular complexity index is 610. The van der Waals surface area contributed by atoms with Gasteiger partial charge in [0.25, 0.3) is 0 Å². The summed E-state index contributed by atoms with van der Waals surface area (Å²) in [7, 11) is 0. The quantitative estimate of drug-likeness (QED) is 0.777. The minimum Gasteiger partial charge on any atom is -0.495 e. The van der Waals surface area contributed by atoms with Crippen LogP contribution in [0.15, 0.2) is 29.3 Å². The van der Waals surface area contributed by atoms with Crippen molar-refractivity contribution >= 4 is 29.2 Å². The molecule has 0 aromatic heterocycles. The van der Waals surface area contributed by atoms with E-state index < -0.39 is 6.03 Å². The monoisotopic (exact) mass is 288 g/mol. The zero-order chi connectivity index (χ0) is 14.8. The third-order valence-electron chi connectivity index (χ3n) is 3.31. The van der Waals surface area contributed by atoms with Crippen molar-refractivity contribution in [3.05, 3.63) is 24.3 Å². The summed E-state index contributed by atoms with van der Waals surface area (Å²) in [5.74, 6) is -0.333. The van der Waals surface area contributed by atoms with Gasteiger partial charge in [-0.1, -0.05) is 12.1 Å². The molecule has 2 aliphatic rings. The molecule has 0 atom stereocenters. The van der Waals surface area contributed by atoms with Gasteiger partial charge in [-0.2, -0.15) is 0 Å². The van der Waals surface area contributed by atoms with Crippen LogP contribution in [0.3, 0.4) is 0 Å². The van der Waals surface area contributed by atoms with Crippen LogP contribution in [0, 0.1) is 0 Å². The van der Waals surface area contributed by atoms with E-state index in [4.69, 9.17) is 0 Å². The Hall–Kier alpha value is -2.57. The number of nitrogens with zero attached hydrogens (tertiary/aromatic N) is 2. The highest BCUT2D eigenvalue weighted by molar-refractivity contribution is 6.04. The van der Waals surface area contributed by atoms with Gasteiger partial charge in [-0.3, -0.25) is 9.69 Å². The summed E-state index contributed by atoms with van der Waals surface area (Å²) in [4.78, 5) is 29.1. The van der Waals surface area contributed by atoms with Crippen molar-refractivity contribution in [2.24, 2.45) is 4.99 Å². The molecule has 0 radical (unpaired) electrons. The maximum Gasteiger partial charge on any atom is 0.322 e. The fourth-order valence-electron chi connectivity index (χ4n) is 2.13. The van der Waals surface area contributed by atoms with Crippen LogP contribution in [-0.2, 0) is 4.79 Å². The van der Waals surface area contributed by atoms with E-state index in [1.165, 1.54) is 4.90 Å². The molecule has 1 heterocycles. The summed E-state index contributed by atoms with van der Waals surface area (Å²) in [6, 6.07) is 6.85. The lowest BCUT2D eigenvalue weighted by molar-refractivity contribution is -0.120. The van der Waals surface area contributed by atoms with Crippen LogP contribution >= 0.6 is 0 Å². The molecular weight excluding hydrogens is 272 g/mol. The molecule has 0 saturated heterocycles. The number of carbonyl (C=O) groups is 2. The lowest BCUT2D eigenvalue weighted by Gasteiger charge is -2.26. The third kappa shape index (κ3) is 3.13.